The van der Waals surface area contributed by atoms with E-state index in [1.165, 1.54) is 37.7 Å². The summed E-state index contributed by atoms with van der Waals surface area (Å²) in [4.78, 5) is 21.3. The third-order valence-corrected chi connectivity index (χ3v) is 4.65. The summed E-state index contributed by atoms with van der Waals surface area (Å²) in [5.74, 6) is -2.04. The molecule has 28 heavy (non-hydrogen) atoms. The van der Waals surface area contributed by atoms with E-state index in [1.54, 1.807) is 11.0 Å². The number of methoxy groups -OCH3 is 1. The number of halogens is 4. The number of hydrogen-bond acceptors (Lipinski definition) is 5. The Balaban J connectivity index is 1.85. The molecule has 1 aliphatic heterocycles. The van der Waals surface area contributed by atoms with Gasteiger partial charge in [0, 0.05) is 25.1 Å². The van der Waals surface area contributed by atoms with E-state index >= 15 is 0 Å². The molecule has 1 N–H and O–H groups in total. The summed E-state index contributed by atoms with van der Waals surface area (Å²) >= 11 is 0. The first kappa shape index (κ1) is 19.8. The zero-order chi connectivity index (χ0) is 20.3. The molecule has 0 spiro atoms. The van der Waals surface area contributed by atoms with Crippen molar-refractivity contribution in [2.24, 2.45) is 0 Å². The highest BCUT2D eigenvalue weighted by atomic mass is 19.4. The predicted molar refractivity (Wildman–Crippen MR) is 92.5 cm³/mol. The third kappa shape index (κ3) is 4.49. The molecule has 2 atom stereocenters. The van der Waals surface area contributed by atoms with Crippen LogP contribution in [-0.2, 0) is 4.79 Å². The number of carbonyl (C=O) groups is 1. The van der Waals surface area contributed by atoms with Crippen molar-refractivity contribution < 1.29 is 27.1 Å². The summed E-state index contributed by atoms with van der Waals surface area (Å²) in [7, 11) is 1.44. The number of nitrogens with zero attached hydrogens (tertiary/aromatic N) is 3. The second kappa shape index (κ2) is 7.99. The smallest absolute Gasteiger partial charge is 0.471 e. The van der Waals surface area contributed by atoms with Gasteiger partial charge in [-0.15, -0.1) is 0 Å². The number of piperidine rings is 1. The SMILES string of the molecule is COc1cc(N2CC[C@H](c3ccc(F)cc3)[C@@H](NC(=O)C(F)(F)F)C2)ncn1. The van der Waals surface area contributed by atoms with Gasteiger partial charge in [0.25, 0.3) is 0 Å². The lowest BCUT2D eigenvalue weighted by Crippen LogP contribution is -2.54. The number of alkyl halides is 3. The van der Waals surface area contributed by atoms with Crippen molar-refractivity contribution in [1.29, 1.82) is 0 Å². The largest absolute Gasteiger partial charge is 0.481 e. The van der Waals surface area contributed by atoms with Crippen molar-refractivity contribution >= 4 is 11.7 Å². The van der Waals surface area contributed by atoms with Crippen molar-refractivity contribution in [3.8, 4) is 5.88 Å². The first-order chi connectivity index (χ1) is 13.3. The molecule has 0 saturated carbocycles. The minimum Gasteiger partial charge on any atom is -0.481 e. The lowest BCUT2D eigenvalue weighted by Gasteiger charge is -2.39. The van der Waals surface area contributed by atoms with E-state index in [2.05, 4.69) is 15.3 Å². The van der Waals surface area contributed by atoms with E-state index in [4.69, 9.17) is 4.74 Å². The van der Waals surface area contributed by atoms with Gasteiger partial charge in [-0.2, -0.15) is 13.2 Å². The minimum atomic E-state index is -4.99. The monoisotopic (exact) mass is 398 g/mol. The average Bonchev–Trinajstić information content (AvgIpc) is 2.68. The Bertz CT molecular complexity index is 829. The van der Waals surface area contributed by atoms with Gasteiger partial charge in [-0.1, -0.05) is 12.1 Å². The Morgan fingerprint density at radius 2 is 1.96 bits per heavy atom. The number of nitrogens with one attached hydrogen (secondary N) is 1. The van der Waals surface area contributed by atoms with Gasteiger partial charge in [0.2, 0.25) is 5.88 Å². The van der Waals surface area contributed by atoms with Crippen LogP contribution in [-0.4, -0.2) is 48.3 Å². The molecule has 0 radical (unpaired) electrons. The van der Waals surface area contributed by atoms with E-state index in [0.717, 1.165) is 0 Å². The highest BCUT2D eigenvalue weighted by Crippen LogP contribution is 2.31. The molecule has 0 bridgehead atoms. The van der Waals surface area contributed by atoms with Crippen LogP contribution in [0.3, 0.4) is 0 Å². The highest BCUT2D eigenvalue weighted by Gasteiger charge is 2.42. The van der Waals surface area contributed by atoms with Crippen LogP contribution < -0.4 is 15.0 Å². The number of amides is 1. The maximum atomic E-state index is 13.2. The molecule has 1 saturated heterocycles. The number of benzene rings is 1. The number of ether oxygens (including phenoxy) is 1. The molecule has 2 aromatic rings. The van der Waals surface area contributed by atoms with Crippen LogP contribution in [0, 0.1) is 5.82 Å². The van der Waals surface area contributed by atoms with Gasteiger partial charge in [-0.3, -0.25) is 4.79 Å². The Morgan fingerprint density at radius 1 is 1.25 bits per heavy atom. The maximum absolute atomic E-state index is 13.2. The zero-order valence-corrected chi connectivity index (χ0v) is 14.9. The zero-order valence-electron chi connectivity index (χ0n) is 14.9. The van der Waals surface area contributed by atoms with Crippen LogP contribution in [0.25, 0.3) is 0 Å². The van der Waals surface area contributed by atoms with Crippen molar-refractivity contribution in [1.82, 2.24) is 15.3 Å². The molecule has 0 unspecified atom stereocenters. The summed E-state index contributed by atoms with van der Waals surface area (Å²) < 4.78 is 56.7. The van der Waals surface area contributed by atoms with E-state index in [-0.39, 0.29) is 6.54 Å². The molecule has 6 nitrogen and oxygen atoms in total. The maximum Gasteiger partial charge on any atom is 0.471 e. The first-order valence-electron chi connectivity index (χ1n) is 8.52. The minimum absolute atomic E-state index is 0.101. The van der Waals surface area contributed by atoms with E-state index in [1.807, 2.05) is 0 Å². The summed E-state index contributed by atoms with van der Waals surface area (Å²) in [6.07, 6.45) is -3.25. The third-order valence-electron chi connectivity index (χ3n) is 4.65. The molecular formula is C18H18F4N4O2. The fourth-order valence-electron chi connectivity index (χ4n) is 3.28. The molecule has 1 aliphatic rings. The quantitative estimate of drug-likeness (QED) is 0.803. The van der Waals surface area contributed by atoms with Crippen molar-refractivity contribution in [2.45, 2.75) is 24.6 Å². The second-order valence-electron chi connectivity index (χ2n) is 6.39. The fourth-order valence-corrected chi connectivity index (χ4v) is 3.28. The molecule has 0 aliphatic carbocycles. The molecule has 150 valence electrons. The highest BCUT2D eigenvalue weighted by molar-refractivity contribution is 5.82. The number of aromatic nitrogens is 2. The number of anilines is 1. The average molecular weight is 398 g/mol. The Labute approximate surface area is 158 Å². The molecule has 1 fully saturated rings. The molecule has 1 aromatic carbocycles. The molecular weight excluding hydrogens is 380 g/mol. The van der Waals surface area contributed by atoms with E-state index < -0.39 is 29.9 Å². The van der Waals surface area contributed by atoms with Crippen LogP contribution in [0.15, 0.2) is 36.7 Å². The topological polar surface area (TPSA) is 67.3 Å². The lowest BCUT2D eigenvalue weighted by molar-refractivity contribution is -0.174. The van der Waals surface area contributed by atoms with Crippen LogP contribution in [0.5, 0.6) is 5.88 Å². The lowest BCUT2D eigenvalue weighted by atomic mass is 9.85. The van der Waals surface area contributed by atoms with Gasteiger partial charge < -0.3 is 15.0 Å². The van der Waals surface area contributed by atoms with Gasteiger partial charge in [-0.05, 0) is 24.1 Å². The van der Waals surface area contributed by atoms with Gasteiger partial charge in [0.1, 0.15) is 18.0 Å². The van der Waals surface area contributed by atoms with Crippen molar-refractivity contribution in [2.75, 3.05) is 25.1 Å². The first-order valence-corrected chi connectivity index (χ1v) is 8.52. The number of rotatable bonds is 4. The summed E-state index contributed by atoms with van der Waals surface area (Å²) in [5.41, 5.74) is 0.661. The molecule has 3 rings (SSSR count). The number of hydrogen-bond donors (Lipinski definition) is 1. The molecule has 2 heterocycles. The standard InChI is InChI=1S/C18H18F4N4O2/c1-28-16-8-15(23-10-24-16)26-7-6-13(11-2-4-12(19)5-3-11)14(9-26)25-17(27)18(20,21)22/h2-5,8,10,13-14H,6-7,9H2,1H3,(H,25,27)/t13-,14+/m1/s1. The van der Waals surface area contributed by atoms with E-state index in [0.29, 0.717) is 30.2 Å². The molecule has 10 heteroatoms. The Morgan fingerprint density at radius 3 is 2.61 bits per heavy atom. The van der Waals surface area contributed by atoms with Gasteiger partial charge in [0.05, 0.1) is 13.2 Å². The van der Waals surface area contributed by atoms with Gasteiger partial charge in [-0.25, -0.2) is 14.4 Å². The van der Waals surface area contributed by atoms with E-state index in [9.17, 15) is 22.4 Å². The predicted octanol–water partition coefficient (Wildman–Crippen LogP) is 2.67. The fraction of sp³-hybridized carbons (Fsp3) is 0.389. The van der Waals surface area contributed by atoms with Crippen LogP contribution in [0.1, 0.15) is 17.9 Å². The number of carbonyl (C=O) groups excluding carboxylic acids is 1. The van der Waals surface area contributed by atoms with Gasteiger partial charge >= 0.3 is 12.1 Å². The van der Waals surface area contributed by atoms with Crippen LogP contribution in [0.4, 0.5) is 23.4 Å². The second-order valence-corrected chi connectivity index (χ2v) is 6.39. The summed E-state index contributed by atoms with van der Waals surface area (Å²) in [5, 5.41) is 2.08. The molecule has 1 amide bonds. The van der Waals surface area contributed by atoms with Gasteiger partial charge in [0.15, 0.2) is 0 Å². The van der Waals surface area contributed by atoms with Crippen molar-refractivity contribution in [3.05, 3.63) is 48.0 Å². The Hall–Kier alpha value is -2.91. The molecule has 1 aromatic heterocycles. The Kier molecular flexibility index (Phi) is 5.66. The summed E-state index contributed by atoms with van der Waals surface area (Å²) in [6.45, 7) is 0.588. The van der Waals surface area contributed by atoms with Crippen LogP contribution >= 0.6 is 0 Å². The normalized spacial score (nSPS) is 20.0. The van der Waals surface area contributed by atoms with Crippen molar-refractivity contribution in [3.63, 3.8) is 0 Å². The van der Waals surface area contributed by atoms with Crippen LogP contribution in [0.2, 0.25) is 0 Å². The summed E-state index contributed by atoms with van der Waals surface area (Å²) in [6, 6.07) is 6.28.